The molecule has 0 fully saturated rings. The van der Waals surface area contributed by atoms with E-state index >= 15 is 0 Å². The second-order valence-electron chi connectivity index (χ2n) is 7.25. The van der Waals surface area contributed by atoms with Crippen molar-refractivity contribution in [3.63, 3.8) is 0 Å². The third-order valence-electron chi connectivity index (χ3n) is 5.23. The van der Waals surface area contributed by atoms with Crippen molar-refractivity contribution in [2.45, 2.75) is 39.0 Å². The summed E-state index contributed by atoms with van der Waals surface area (Å²) < 4.78 is 11.3. The van der Waals surface area contributed by atoms with Crippen LogP contribution in [0, 0.1) is 21.1 Å². The lowest BCUT2D eigenvalue weighted by Gasteiger charge is -2.23. The van der Waals surface area contributed by atoms with E-state index in [1.807, 2.05) is 18.2 Å². The highest BCUT2D eigenvalue weighted by atomic mass is 32.1. The molecule has 152 valence electrons. The highest BCUT2D eigenvalue weighted by molar-refractivity contribution is 7.73. The third-order valence-corrected chi connectivity index (χ3v) is 6.67. The van der Waals surface area contributed by atoms with Crippen LogP contribution in [0.5, 0.6) is 11.5 Å². The van der Waals surface area contributed by atoms with Gasteiger partial charge in [-0.1, -0.05) is 25.2 Å². The zero-order valence-corrected chi connectivity index (χ0v) is 18.5. The van der Waals surface area contributed by atoms with Crippen molar-refractivity contribution in [3.8, 4) is 17.6 Å². The van der Waals surface area contributed by atoms with Gasteiger partial charge in [0.2, 0.25) is 5.91 Å². The van der Waals surface area contributed by atoms with Gasteiger partial charge in [-0.3, -0.25) is 4.79 Å². The lowest BCUT2D eigenvalue weighted by atomic mass is 9.85. The van der Waals surface area contributed by atoms with E-state index in [-0.39, 0.29) is 5.91 Å². The first-order valence-corrected chi connectivity index (χ1v) is 10.8. The number of aryl methyl sites for hydroxylation is 1. The Labute approximate surface area is 180 Å². The lowest BCUT2D eigenvalue weighted by molar-refractivity contribution is -0.116. The van der Waals surface area contributed by atoms with E-state index in [0.29, 0.717) is 40.8 Å². The predicted molar refractivity (Wildman–Crippen MR) is 118 cm³/mol. The van der Waals surface area contributed by atoms with Gasteiger partial charge in [0.1, 0.15) is 11.1 Å². The van der Waals surface area contributed by atoms with Gasteiger partial charge < -0.3 is 14.8 Å². The molecule has 0 bridgehead atoms. The van der Waals surface area contributed by atoms with Crippen molar-refractivity contribution in [2.75, 3.05) is 19.5 Å². The zero-order valence-electron chi connectivity index (χ0n) is 16.8. The lowest BCUT2D eigenvalue weighted by Crippen LogP contribution is -2.17. The van der Waals surface area contributed by atoms with Gasteiger partial charge in [0, 0.05) is 6.42 Å². The topological polar surface area (TPSA) is 71.3 Å². The van der Waals surface area contributed by atoms with E-state index in [0.717, 1.165) is 39.8 Å². The monoisotopic (exact) mass is 428 g/mol. The number of anilines is 1. The Balaban J connectivity index is 1.74. The molecular weight excluding hydrogens is 404 g/mol. The molecule has 3 rings (SSSR count). The normalized spacial score (nSPS) is 15.2. The molecule has 0 saturated heterocycles. The average Bonchev–Trinajstić information content (AvgIpc) is 2.72. The first-order chi connectivity index (χ1) is 14.0. The number of rotatable bonds is 6. The largest absolute Gasteiger partial charge is 0.493 e. The molecule has 1 atom stereocenters. The number of nitriles is 1. The summed E-state index contributed by atoms with van der Waals surface area (Å²) in [5.74, 6) is 1.73. The van der Waals surface area contributed by atoms with Crippen molar-refractivity contribution < 1.29 is 14.3 Å². The van der Waals surface area contributed by atoms with Crippen LogP contribution in [0.3, 0.4) is 0 Å². The minimum Gasteiger partial charge on any atom is -0.493 e. The summed E-state index contributed by atoms with van der Waals surface area (Å²) in [5, 5.41) is 13.2. The average molecular weight is 429 g/mol. The molecule has 1 aromatic heterocycles. The fourth-order valence-corrected chi connectivity index (χ4v) is 5.04. The molecule has 1 unspecified atom stereocenters. The van der Waals surface area contributed by atoms with Crippen LogP contribution >= 0.6 is 23.6 Å². The number of hydrogen-bond acceptors (Lipinski definition) is 6. The third kappa shape index (κ3) is 4.77. The highest BCUT2D eigenvalue weighted by Gasteiger charge is 2.23. The van der Waals surface area contributed by atoms with E-state index in [2.05, 4.69) is 18.3 Å². The molecule has 1 N–H and O–H groups in total. The Morgan fingerprint density at radius 1 is 1.31 bits per heavy atom. The Hall–Kier alpha value is -2.43. The summed E-state index contributed by atoms with van der Waals surface area (Å²) in [5.41, 5.74) is 3.68. The van der Waals surface area contributed by atoms with Crippen LogP contribution in [0.25, 0.3) is 0 Å². The smallest absolute Gasteiger partial charge is 0.225 e. The number of nitrogens with one attached hydrogen (secondary N) is 1. The van der Waals surface area contributed by atoms with E-state index in [1.165, 1.54) is 11.3 Å². The van der Waals surface area contributed by atoms with Gasteiger partial charge in [0.05, 0.1) is 23.6 Å². The van der Waals surface area contributed by atoms with Crippen molar-refractivity contribution in [1.29, 1.82) is 5.26 Å². The van der Waals surface area contributed by atoms with Crippen molar-refractivity contribution in [3.05, 3.63) is 44.3 Å². The number of benzene rings is 1. The van der Waals surface area contributed by atoms with E-state index in [4.69, 9.17) is 21.7 Å². The second kappa shape index (κ2) is 9.38. The maximum Gasteiger partial charge on any atom is 0.225 e. The maximum absolute atomic E-state index is 12.6. The predicted octanol–water partition coefficient (Wildman–Crippen LogP) is 5.06. The van der Waals surface area contributed by atoms with Crippen LogP contribution < -0.4 is 14.8 Å². The molecule has 0 radical (unpaired) electrons. The molecule has 29 heavy (non-hydrogen) atoms. The Bertz CT molecular complexity index is 1020. The standard InChI is InChI=1S/C22H24N2O3S2/c1-13-4-7-15-16(10-13)22(28)29-21(17(15)12-23)24-20(25)9-6-14-5-8-18(26-2)19(11-14)27-3/h5,8,11,13H,4,6-7,9-10H2,1-3H3,(H,24,25). The number of carbonyl (C=O) groups is 1. The first-order valence-electron chi connectivity index (χ1n) is 9.56. The number of ether oxygens (including phenoxy) is 2. The van der Waals surface area contributed by atoms with Crippen LogP contribution in [0.4, 0.5) is 5.00 Å². The van der Waals surface area contributed by atoms with Gasteiger partial charge in [0.15, 0.2) is 11.5 Å². The maximum atomic E-state index is 12.6. The van der Waals surface area contributed by atoms with Crippen LogP contribution in [0.1, 0.15) is 42.0 Å². The summed E-state index contributed by atoms with van der Waals surface area (Å²) in [6.07, 6.45) is 3.64. The number of methoxy groups -OCH3 is 2. The van der Waals surface area contributed by atoms with E-state index in [1.54, 1.807) is 14.2 Å². The summed E-state index contributed by atoms with van der Waals surface area (Å²) in [6.45, 7) is 2.21. The SMILES string of the molecule is COc1ccc(CCC(=O)Nc2sc(=S)c3c(c2C#N)CCC(C)C3)cc1OC. The molecule has 0 aliphatic heterocycles. The number of nitrogens with zero attached hydrogens (tertiary/aromatic N) is 1. The Morgan fingerprint density at radius 3 is 2.76 bits per heavy atom. The Morgan fingerprint density at radius 2 is 2.07 bits per heavy atom. The first kappa shape index (κ1) is 21.3. The fourth-order valence-electron chi connectivity index (χ4n) is 3.63. The van der Waals surface area contributed by atoms with Crippen molar-refractivity contribution in [2.24, 2.45) is 5.92 Å². The van der Waals surface area contributed by atoms with Gasteiger partial charge in [-0.2, -0.15) is 5.26 Å². The molecule has 1 aromatic carbocycles. The van der Waals surface area contributed by atoms with Gasteiger partial charge in [-0.15, -0.1) is 11.3 Å². The highest BCUT2D eigenvalue weighted by Crippen LogP contribution is 2.36. The number of hydrogen-bond donors (Lipinski definition) is 1. The molecule has 1 aliphatic rings. The van der Waals surface area contributed by atoms with Crippen molar-refractivity contribution in [1.82, 2.24) is 0 Å². The number of carbonyl (C=O) groups excluding carboxylic acids is 1. The van der Waals surface area contributed by atoms with Crippen LogP contribution in [-0.2, 0) is 24.1 Å². The summed E-state index contributed by atoms with van der Waals surface area (Å²) in [6, 6.07) is 7.91. The molecule has 1 aliphatic carbocycles. The van der Waals surface area contributed by atoms with Gasteiger partial charge in [0.25, 0.3) is 0 Å². The van der Waals surface area contributed by atoms with E-state index < -0.39 is 0 Å². The minimum atomic E-state index is -0.133. The molecular formula is C22H24N2O3S2. The number of fused-ring (bicyclic) bond motifs is 1. The van der Waals surface area contributed by atoms with Crippen molar-refractivity contribution >= 4 is 34.5 Å². The molecule has 1 amide bonds. The van der Waals surface area contributed by atoms with Gasteiger partial charge in [-0.25, -0.2) is 0 Å². The molecule has 7 heteroatoms. The van der Waals surface area contributed by atoms with Crippen LogP contribution in [0.15, 0.2) is 18.2 Å². The van der Waals surface area contributed by atoms with Gasteiger partial charge in [-0.05, 0) is 60.4 Å². The van der Waals surface area contributed by atoms with Gasteiger partial charge >= 0.3 is 0 Å². The van der Waals surface area contributed by atoms with Crippen LogP contribution in [-0.4, -0.2) is 20.1 Å². The second-order valence-corrected chi connectivity index (χ2v) is 8.94. The molecule has 1 heterocycles. The molecule has 2 aromatic rings. The summed E-state index contributed by atoms with van der Waals surface area (Å²) in [7, 11) is 3.17. The molecule has 5 nitrogen and oxygen atoms in total. The molecule has 0 saturated carbocycles. The summed E-state index contributed by atoms with van der Waals surface area (Å²) in [4.78, 5) is 12.6. The quantitative estimate of drug-likeness (QED) is 0.651. The van der Waals surface area contributed by atoms with Crippen LogP contribution in [0.2, 0.25) is 0 Å². The molecule has 0 spiro atoms. The minimum absolute atomic E-state index is 0.133. The van der Waals surface area contributed by atoms with E-state index in [9.17, 15) is 10.1 Å². The number of amides is 1. The Kier molecular flexibility index (Phi) is 6.88. The fraction of sp³-hybridized carbons (Fsp3) is 0.409. The summed E-state index contributed by atoms with van der Waals surface area (Å²) >= 11 is 6.89. The zero-order chi connectivity index (χ0) is 21.0.